The molecule has 0 bridgehead atoms. The van der Waals surface area contributed by atoms with Gasteiger partial charge in [0.1, 0.15) is 0 Å². The van der Waals surface area contributed by atoms with Gasteiger partial charge in [0, 0.05) is 17.3 Å². The SMILES string of the molecule is C=CCN1c2cc(OC)c(OC)cc2C(C)=C(C(=O)Nc2c(C)cccc2C(C)C)S1(=O)=O. The average molecular weight is 471 g/mol. The van der Waals surface area contributed by atoms with Gasteiger partial charge in [0.2, 0.25) is 0 Å². The Kier molecular flexibility index (Phi) is 6.88. The average Bonchev–Trinajstić information content (AvgIpc) is 2.76. The zero-order valence-corrected chi connectivity index (χ0v) is 20.7. The van der Waals surface area contributed by atoms with E-state index in [1.165, 1.54) is 24.6 Å². The summed E-state index contributed by atoms with van der Waals surface area (Å²) in [6, 6.07) is 9.03. The van der Waals surface area contributed by atoms with Crippen LogP contribution in [-0.4, -0.2) is 35.1 Å². The molecule has 0 spiro atoms. The molecule has 8 heteroatoms. The Balaban J connectivity index is 2.23. The van der Waals surface area contributed by atoms with Gasteiger partial charge in [0.25, 0.3) is 15.9 Å². The Morgan fingerprint density at radius 1 is 1.15 bits per heavy atom. The Hall–Kier alpha value is -3.26. The van der Waals surface area contributed by atoms with Crippen LogP contribution in [0.5, 0.6) is 11.5 Å². The van der Waals surface area contributed by atoms with Gasteiger partial charge in [-0.1, -0.05) is 38.1 Å². The fraction of sp³-hybridized carbons (Fsp3) is 0.320. The van der Waals surface area contributed by atoms with Crippen LogP contribution in [-0.2, 0) is 14.8 Å². The number of ether oxygens (including phenoxy) is 2. The molecule has 0 unspecified atom stereocenters. The lowest BCUT2D eigenvalue weighted by Gasteiger charge is -2.32. The van der Waals surface area contributed by atoms with Crippen molar-refractivity contribution in [2.75, 3.05) is 30.4 Å². The van der Waals surface area contributed by atoms with E-state index in [0.29, 0.717) is 34.0 Å². The third-order valence-corrected chi connectivity index (χ3v) is 7.66. The highest BCUT2D eigenvalue weighted by molar-refractivity contribution is 7.97. The van der Waals surface area contributed by atoms with Crippen LogP contribution >= 0.6 is 0 Å². The van der Waals surface area contributed by atoms with Crippen molar-refractivity contribution in [2.24, 2.45) is 0 Å². The van der Waals surface area contributed by atoms with Gasteiger partial charge in [-0.15, -0.1) is 6.58 Å². The van der Waals surface area contributed by atoms with Crippen molar-refractivity contribution in [3.63, 3.8) is 0 Å². The molecular weight excluding hydrogens is 440 g/mol. The number of para-hydroxylation sites is 1. The van der Waals surface area contributed by atoms with Crippen molar-refractivity contribution < 1.29 is 22.7 Å². The van der Waals surface area contributed by atoms with Crippen LogP contribution in [0, 0.1) is 6.92 Å². The van der Waals surface area contributed by atoms with Gasteiger partial charge < -0.3 is 14.8 Å². The lowest BCUT2D eigenvalue weighted by Crippen LogP contribution is -2.39. The van der Waals surface area contributed by atoms with Crippen LogP contribution in [0.3, 0.4) is 0 Å². The van der Waals surface area contributed by atoms with Crippen LogP contribution in [0.4, 0.5) is 11.4 Å². The van der Waals surface area contributed by atoms with Gasteiger partial charge in [0.15, 0.2) is 16.4 Å². The third-order valence-electron chi connectivity index (χ3n) is 5.73. The Labute approximate surface area is 195 Å². The standard InChI is InChI=1S/C25H30N2O5S/c1-8-12-27-20-14-22(32-7)21(31-6)13-19(20)17(5)24(33(27,29)30)25(28)26-23-16(4)10-9-11-18(23)15(2)3/h8-11,13-15H,1,12H2,2-7H3,(H,26,28). The molecule has 1 aliphatic heterocycles. The summed E-state index contributed by atoms with van der Waals surface area (Å²) in [5.41, 5.74) is 3.73. The molecule has 3 rings (SSSR count). The second-order valence-corrected chi connectivity index (χ2v) is 9.95. The zero-order valence-electron chi connectivity index (χ0n) is 19.9. The van der Waals surface area contributed by atoms with Crippen LogP contribution in [0.1, 0.15) is 43.4 Å². The Morgan fingerprint density at radius 3 is 2.36 bits per heavy atom. The number of hydrogen-bond donors (Lipinski definition) is 1. The first-order valence-corrected chi connectivity index (χ1v) is 12.0. The van der Waals surface area contributed by atoms with Gasteiger partial charge in [0.05, 0.1) is 26.5 Å². The zero-order chi connectivity index (χ0) is 24.5. The number of fused-ring (bicyclic) bond motifs is 1. The summed E-state index contributed by atoms with van der Waals surface area (Å²) in [5.74, 6) is 0.294. The van der Waals surface area contributed by atoms with E-state index in [1.54, 1.807) is 19.1 Å². The molecule has 7 nitrogen and oxygen atoms in total. The number of sulfonamides is 1. The summed E-state index contributed by atoms with van der Waals surface area (Å²) in [6.45, 7) is 11.2. The monoisotopic (exact) mass is 470 g/mol. The van der Waals surface area contributed by atoms with Crippen molar-refractivity contribution in [1.82, 2.24) is 0 Å². The molecule has 1 amide bonds. The Bertz CT molecular complexity index is 1250. The molecule has 1 heterocycles. The second-order valence-electron chi connectivity index (χ2n) is 8.15. The number of nitrogens with one attached hydrogen (secondary N) is 1. The molecular formula is C25H30N2O5S. The van der Waals surface area contributed by atoms with Crippen molar-refractivity contribution in [3.05, 3.63) is 64.6 Å². The number of aryl methyl sites for hydroxylation is 1. The number of carbonyl (C=O) groups excluding carboxylic acids is 1. The molecule has 1 N–H and O–H groups in total. The number of nitrogens with zero attached hydrogens (tertiary/aromatic N) is 1. The predicted molar refractivity (Wildman–Crippen MR) is 133 cm³/mol. The molecule has 33 heavy (non-hydrogen) atoms. The Morgan fingerprint density at radius 2 is 1.79 bits per heavy atom. The molecule has 0 fully saturated rings. The van der Waals surface area contributed by atoms with Gasteiger partial charge in [-0.2, -0.15) is 0 Å². The maximum Gasteiger partial charge on any atom is 0.270 e. The summed E-state index contributed by atoms with van der Waals surface area (Å²) in [4.78, 5) is 13.2. The van der Waals surface area contributed by atoms with E-state index in [-0.39, 0.29) is 17.4 Å². The molecule has 2 aromatic carbocycles. The number of benzene rings is 2. The number of hydrogen-bond acceptors (Lipinski definition) is 5. The van der Waals surface area contributed by atoms with Crippen LogP contribution in [0.15, 0.2) is 47.9 Å². The van der Waals surface area contributed by atoms with Crippen molar-refractivity contribution in [2.45, 2.75) is 33.6 Å². The normalized spacial score (nSPS) is 14.7. The number of methoxy groups -OCH3 is 2. The third kappa shape index (κ3) is 4.23. The minimum atomic E-state index is -4.17. The van der Waals surface area contributed by atoms with Crippen molar-refractivity contribution in [3.8, 4) is 11.5 Å². The lowest BCUT2D eigenvalue weighted by atomic mass is 9.98. The quantitative estimate of drug-likeness (QED) is 0.585. The lowest BCUT2D eigenvalue weighted by molar-refractivity contribution is -0.112. The number of carbonyl (C=O) groups is 1. The van der Waals surface area contributed by atoms with Gasteiger partial charge in [-0.05, 0) is 42.5 Å². The number of amides is 1. The summed E-state index contributed by atoms with van der Waals surface area (Å²) in [5, 5.41) is 2.88. The fourth-order valence-corrected chi connectivity index (χ4v) is 5.76. The molecule has 2 aromatic rings. The smallest absolute Gasteiger partial charge is 0.270 e. The molecule has 0 radical (unpaired) electrons. The minimum absolute atomic E-state index is 0.00349. The van der Waals surface area contributed by atoms with Gasteiger partial charge in [-0.3, -0.25) is 9.10 Å². The molecule has 0 atom stereocenters. The molecule has 1 aliphatic rings. The van der Waals surface area contributed by atoms with Gasteiger partial charge >= 0.3 is 0 Å². The highest BCUT2D eigenvalue weighted by Gasteiger charge is 2.40. The summed E-state index contributed by atoms with van der Waals surface area (Å²) in [6.07, 6.45) is 1.48. The molecule has 176 valence electrons. The summed E-state index contributed by atoms with van der Waals surface area (Å²) in [7, 11) is -1.18. The van der Waals surface area contributed by atoms with E-state index < -0.39 is 15.9 Å². The minimum Gasteiger partial charge on any atom is -0.493 e. The number of allylic oxidation sites excluding steroid dienone is 1. The highest BCUT2D eigenvalue weighted by atomic mass is 32.2. The van der Waals surface area contributed by atoms with E-state index >= 15 is 0 Å². The fourth-order valence-electron chi connectivity index (χ4n) is 4.04. The first-order valence-electron chi connectivity index (χ1n) is 10.6. The summed E-state index contributed by atoms with van der Waals surface area (Å²) >= 11 is 0. The number of rotatable bonds is 7. The number of anilines is 2. The maximum absolute atomic E-state index is 13.7. The van der Waals surface area contributed by atoms with Crippen molar-refractivity contribution >= 4 is 32.9 Å². The van der Waals surface area contributed by atoms with Crippen LogP contribution < -0.4 is 19.1 Å². The maximum atomic E-state index is 13.7. The van der Waals surface area contributed by atoms with Crippen LogP contribution in [0.25, 0.3) is 5.57 Å². The van der Waals surface area contributed by atoms with E-state index in [1.807, 2.05) is 39.0 Å². The van der Waals surface area contributed by atoms with Crippen LogP contribution in [0.2, 0.25) is 0 Å². The van der Waals surface area contributed by atoms with E-state index in [4.69, 9.17) is 9.47 Å². The highest BCUT2D eigenvalue weighted by Crippen LogP contribution is 2.45. The molecule has 0 saturated heterocycles. The van der Waals surface area contributed by atoms with E-state index in [0.717, 1.165) is 11.1 Å². The van der Waals surface area contributed by atoms with E-state index in [2.05, 4.69) is 11.9 Å². The predicted octanol–water partition coefficient (Wildman–Crippen LogP) is 4.84. The molecule has 0 saturated carbocycles. The van der Waals surface area contributed by atoms with E-state index in [9.17, 15) is 13.2 Å². The first kappa shape index (κ1) is 24.4. The topological polar surface area (TPSA) is 84.9 Å². The summed E-state index contributed by atoms with van der Waals surface area (Å²) < 4.78 is 39.3. The largest absolute Gasteiger partial charge is 0.493 e. The van der Waals surface area contributed by atoms with Gasteiger partial charge in [-0.25, -0.2) is 8.42 Å². The molecule has 0 aromatic heterocycles. The van der Waals surface area contributed by atoms with Crippen molar-refractivity contribution in [1.29, 1.82) is 0 Å². The second kappa shape index (κ2) is 9.31. The molecule has 0 aliphatic carbocycles. The first-order chi connectivity index (χ1) is 15.6.